The van der Waals surface area contributed by atoms with Gasteiger partial charge in [0.25, 0.3) is 0 Å². The lowest BCUT2D eigenvalue weighted by Crippen LogP contribution is -2.43. The Hall–Kier alpha value is -0.510. The van der Waals surface area contributed by atoms with Gasteiger partial charge in [0, 0.05) is 30.1 Å². The first-order valence-corrected chi connectivity index (χ1v) is 7.86. The van der Waals surface area contributed by atoms with E-state index >= 15 is 0 Å². The van der Waals surface area contributed by atoms with E-state index in [0.717, 1.165) is 19.5 Å². The molecular weight excluding hydrogens is 242 g/mol. The van der Waals surface area contributed by atoms with Crippen molar-refractivity contribution < 1.29 is 5.11 Å². The fraction of sp³-hybridized carbons (Fsp3) is 0.600. The number of aliphatic hydroxyl groups is 1. The highest BCUT2D eigenvalue weighted by Gasteiger charge is 2.30. The van der Waals surface area contributed by atoms with Crippen LogP contribution in [0, 0.1) is 0 Å². The minimum absolute atomic E-state index is 0.202. The molecule has 2 rings (SSSR count). The summed E-state index contributed by atoms with van der Waals surface area (Å²) >= 11 is 2.04. The van der Waals surface area contributed by atoms with Crippen molar-refractivity contribution in [1.82, 2.24) is 4.90 Å². The first-order chi connectivity index (χ1) is 8.72. The molecule has 3 atom stereocenters. The zero-order valence-electron chi connectivity index (χ0n) is 11.2. The Labute approximate surface area is 114 Å². The normalized spacial score (nSPS) is 27.1. The molecular formula is C15H23NOS. The molecule has 0 saturated carbocycles. The average molecular weight is 265 g/mol. The van der Waals surface area contributed by atoms with Crippen molar-refractivity contribution in [2.75, 3.05) is 18.8 Å². The molecule has 0 aromatic heterocycles. The van der Waals surface area contributed by atoms with Gasteiger partial charge in [-0.05, 0) is 12.0 Å². The lowest BCUT2D eigenvalue weighted by Gasteiger charge is -2.40. The van der Waals surface area contributed by atoms with Crippen molar-refractivity contribution in [2.45, 2.75) is 37.7 Å². The molecule has 0 bridgehead atoms. The highest BCUT2D eigenvalue weighted by atomic mass is 32.2. The van der Waals surface area contributed by atoms with E-state index in [1.807, 2.05) is 18.7 Å². The van der Waals surface area contributed by atoms with E-state index in [4.69, 9.17) is 0 Å². The van der Waals surface area contributed by atoms with Crippen molar-refractivity contribution in [3.05, 3.63) is 35.9 Å². The van der Waals surface area contributed by atoms with Crippen molar-refractivity contribution in [3.8, 4) is 0 Å². The van der Waals surface area contributed by atoms with Gasteiger partial charge in [-0.2, -0.15) is 11.8 Å². The van der Waals surface area contributed by atoms with E-state index in [1.54, 1.807) is 0 Å². The number of nitrogens with zero attached hydrogens (tertiary/aromatic N) is 1. The third kappa shape index (κ3) is 3.28. The predicted molar refractivity (Wildman–Crippen MR) is 79.0 cm³/mol. The zero-order valence-corrected chi connectivity index (χ0v) is 12.1. The van der Waals surface area contributed by atoms with Crippen LogP contribution in [0.3, 0.4) is 0 Å². The van der Waals surface area contributed by atoms with Gasteiger partial charge < -0.3 is 5.11 Å². The quantitative estimate of drug-likeness (QED) is 0.905. The van der Waals surface area contributed by atoms with E-state index in [2.05, 4.69) is 42.2 Å². The second-order valence-corrected chi connectivity index (χ2v) is 6.47. The second kappa shape index (κ2) is 6.60. The van der Waals surface area contributed by atoms with Crippen molar-refractivity contribution in [1.29, 1.82) is 0 Å². The number of thioether (sulfide) groups is 1. The third-order valence-corrected chi connectivity index (χ3v) is 4.86. The third-order valence-electron chi connectivity index (χ3n) is 3.65. The molecule has 0 amide bonds. The summed E-state index contributed by atoms with van der Waals surface area (Å²) in [5.41, 5.74) is 1.38. The van der Waals surface area contributed by atoms with Crippen molar-refractivity contribution >= 4 is 11.8 Å². The monoisotopic (exact) mass is 265 g/mol. The molecule has 1 fully saturated rings. The summed E-state index contributed by atoms with van der Waals surface area (Å²) in [4.78, 5) is 2.45. The molecule has 3 heteroatoms. The van der Waals surface area contributed by atoms with E-state index in [1.165, 1.54) is 11.3 Å². The van der Waals surface area contributed by atoms with Gasteiger partial charge in [0.15, 0.2) is 0 Å². The van der Waals surface area contributed by atoms with Gasteiger partial charge in [0.1, 0.15) is 0 Å². The molecule has 2 nitrogen and oxygen atoms in total. The Balaban J connectivity index is 2.15. The highest BCUT2D eigenvalue weighted by molar-refractivity contribution is 8.00. The van der Waals surface area contributed by atoms with Crippen LogP contribution in [0.15, 0.2) is 30.3 Å². The van der Waals surface area contributed by atoms with Gasteiger partial charge in [-0.1, -0.05) is 44.2 Å². The van der Waals surface area contributed by atoms with Crippen LogP contribution in [-0.2, 0) is 0 Å². The first-order valence-electron chi connectivity index (χ1n) is 6.81. The van der Waals surface area contributed by atoms with Crippen LogP contribution in [0.2, 0.25) is 0 Å². The number of hydrogen-bond acceptors (Lipinski definition) is 3. The molecule has 3 unspecified atom stereocenters. The van der Waals surface area contributed by atoms with Gasteiger partial charge in [-0.25, -0.2) is 0 Å². The van der Waals surface area contributed by atoms with Gasteiger partial charge >= 0.3 is 0 Å². The zero-order chi connectivity index (χ0) is 13.0. The number of aliphatic hydroxyl groups excluding tert-OH is 1. The van der Waals surface area contributed by atoms with Gasteiger partial charge in [0.05, 0.1) is 6.10 Å². The van der Waals surface area contributed by atoms with Crippen molar-refractivity contribution in [3.63, 3.8) is 0 Å². The summed E-state index contributed by atoms with van der Waals surface area (Å²) < 4.78 is 0. The average Bonchev–Trinajstić information content (AvgIpc) is 2.40. The summed E-state index contributed by atoms with van der Waals surface area (Å²) in [5, 5.41) is 10.5. The maximum absolute atomic E-state index is 9.91. The molecule has 1 saturated heterocycles. The number of hydrogen-bond donors (Lipinski definition) is 1. The number of β-amino-alcohol motifs (C(OH)–C–C–N with tert-alkyl or cyclic N) is 1. The van der Waals surface area contributed by atoms with Crippen LogP contribution < -0.4 is 0 Å². The van der Waals surface area contributed by atoms with Crippen LogP contribution in [-0.4, -0.2) is 40.2 Å². The number of rotatable bonds is 4. The minimum Gasteiger partial charge on any atom is -0.392 e. The van der Waals surface area contributed by atoms with E-state index in [9.17, 15) is 5.11 Å². The second-order valence-electron chi connectivity index (χ2n) is 4.99. The molecule has 1 heterocycles. The molecule has 0 radical (unpaired) electrons. The Morgan fingerprint density at radius 2 is 2.11 bits per heavy atom. The van der Waals surface area contributed by atoms with E-state index in [0.29, 0.717) is 11.3 Å². The predicted octanol–water partition coefficient (Wildman–Crippen LogP) is 2.94. The highest BCUT2D eigenvalue weighted by Crippen LogP contribution is 2.35. The Morgan fingerprint density at radius 1 is 1.39 bits per heavy atom. The maximum Gasteiger partial charge on any atom is 0.0664 e. The summed E-state index contributed by atoms with van der Waals surface area (Å²) in [5.74, 6) is 1.17. The molecule has 1 aliphatic heterocycles. The fourth-order valence-electron chi connectivity index (χ4n) is 2.62. The smallest absolute Gasteiger partial charge is 0.0664 e. The summed E-state index contributed by atoms with van der Waals surface area (Å²) in [6, 6.07) is 11.1. The standard InChI is InChI=1S/C15H23NOS/c1-3-14(17)11-16-9-10-18-12(2)15(16)13-7-5-4-6-8-13/h4-8,12,14-15,17H,3,9-11H2,1-2H3. The van der Waals surface area contributed by atoms with Gasteiger partial charge in [-0.3, -0.25) is 4.90 Å². The lowest BCUT2D eigenvalue weighted by molar-refractivity contribution is 0.0853. The molecule has 0 aliphatic carbocycles. The Morgan fingerprint density at radius 3 is 2.78 bits per heavy atom. The summed E-state index contributed by atoms with van der Waals surface area (Å²) in [7, 11) is 0. The van der Waals surface area contributed by atoms with E-state index < -0.39 is 0 Å². The Kier molecular flexibility index (Phi) is 5.10. The van der Waals surface area contributed by atoms with E-state index in [-0.39, 0.29) is 6.10 Å². The molecule has 0 spiro atoms. The van der Waals surface area contributed by atoms with Gasteiger partial charge in [-0.15, -0.1) is 0 Å². The topological polar surface area (TPSA) is 23.5 Å². The molecule has 1 aliphatic rings. The number of benzene rings is 1. The van der Waals surface area contributed by atoms with Crippen LogP contribution in [0.5, 0.6) is 0 Å². The summed E-state index contributed by atoms with van der Waals surface area (Å²) in [6.07, 6.45) is 0.631. The fourth-order valence-corrected chi connectivity index (χ4v) is 3.84. The minimum atomic E-state index is -0.202. The first kappa shape index (κ1) is 13.9. The van der Waals surface area contributed by atoms with Crippen LogP contribution >= 0.6 is 11.8 Å². The van der Waals surface area contributed by atoms with Crippen LogP contribution in [0.4, 0.5) is 0 Å². The Bertz CT molecular complexity index is 357. The molecule has 100 valence electrons. The maximum atomic E-state index is 9.91. The van der Waals surface area contributed by atoms with Crippen LogP contribution in [0.25, 0.3) is 0 Å². The molecule has 1 N–H and O–H groups in total. The van der Waals surface area contributed by atoms with Crippen LogP contribution in [0.1, 0.15) is 31.9 Å². The largest absolute Gasteiger partial charge is 0.392 e. The summed E-state index contributed by atoms with van der Waals surface area (Å²) in [6.45, 7) is 6.21. The lowest BCUT2D eigenvalue weighted by atomic mass is 10.0. The molecule has 1 aromatic rings. The SMILES string of the molecule is CCC(O)CN1CCSC(C)C1c1ccccc1. The molecule has 1 aromatic carbocycles. The van der Waals surface area contributed by atoms with Crippen molar-refractivity contribution in [2.24, 2.45) is 0 Å². The van der Waals surface area contributed by atoms with Gasteiger partial charge in [0.2, 0.25) is 0 Å². The molecule has 18 heavy (non-hydrogen) atoms.